The van der Waals surface area contributed by atoms with Crippen LogP contribution in [-0.4, -0.2) is 42.7 Å². The molecular formula is C19H18Cl2N2O4. The van der Waals surface area contributed by atoms with E-state index in [4.69, 9.17) is 27.9 Å². The lowest BCUT2D eigenvalue weighted by atomic mass is 10.1. The molecule has 3 rings (SSSR count). The maximum Gasteiger partial charge on any atom is 0.326 e. The van der Waals surface area contributed by atoms with Crippen LogP contribution in [0, 0.1) is 0 Å². The second kappa shape index (κ2) is 8.50. The Balaban J connectivity index is 1.67. The molecule has 1 heterocycles. The first-order chi connectivity index (χ1) is 12.9. The van der Waals surface area contributed by atoms with Crippen molar-refractivity contribution >= 4 is 40.8 Å². The SMILES string of the molecule is O=C(CN1CCOc2ccc(Cl)cc21)NC(Cc1cccc(Cl)c1)C(=O)O. The number of ether oxygens (including phenoxy) is 1. The van der Waals surface area contributed by atoms with Gasteiger partial charge in [-0.25, -0.2) is 4.79 Å². The number of rotatable bonds is 6. The monoisotopic (exact) mass is 408 g/mol. The van der Waals surface area contributed by atoms with Gasteiger partial charge in [0.1, 0.15) is 18.4 Å². The number of carbonyl (C=O) groups excluding carboxylic acids is 1. The van der Waals surface area contributed by atoms with Crippen molar-refractivity contribution in [2.24, 2.45) is 0 Å². The van der Waals surface area contributed by atoms with Gasteiger partial charge in [0.15, 0.2) is 0 Å². The highest BCUT2D eigenvalue weighted by atomic mass is 35.5. The molecule has 0 radical (unpaired) electrons. The third-order valence-corrected chi connectivity index (χ3v) is 4.65. The molecule has 0 saturated carbocycles. The number of benzene rings is 2. The molecule has 0 bridgehead atoms. The molecule has 0 fully saturated rings. The third-order valence-electron chi connectivity index (χ3n) is 4.18. The highest BCUT2D eigenvalue weighted by Gasteiger charge is 2.24. The van der Waals surface area contributed by atoms with Gasteiger partial charge in [-0.15, -0.1) is 0 Å². The average molecular weight is 409 g/mol. The van der Waals surface area contributed by atoms with Crippen LogP contribution in [0.25, 0.3) is 0 Å². The van der Waals surface area contributed by atoms with E-state index in [1.807, 2.05) is 4.90 Å². The number of carbonyl (C=O) groups is 2. The van der Waals surface area contributed by atoms with Crippen molar-refractivity contribution in [3.63, 3.8) is 0 Å². The summed E-state index contributed by atoms with van der Waals surface area (Å²) in [6.07, 6.45) is 0.146. The van der Waals surface area contributed by atoms with Crippen LogP contribution in [0.4, 0.5) is 5.69 Å². The van der Waals surface area contributed by atoms with E-state index >= 15 is 0 Å². The molecule has 1 unspecified atom stereocenters. The molecule has 1 aliphatic rings. The van der Waals surface area contributed by atoms with Crippen LogP contribution >= 0.6 is 23.2 Å². The van der Waals surface area contributed by atoms with E-state index in [1.54, 1.807) is 42.5 Å². The zero-order chi connectivity index (χ0) is 19.4. The van der Waals surface area contributed by atoms with Gasteiger partial charge in [0.05, 0.1) is 18.8 Å². The van der Waals surface area contributed by atoms with E-state index in [2.05, 4.69) is 5.32 Å². The topological polar surface area (TPSA) is 78.9 Å². The van der Waals surface area contributed by atoms with Gasteiger partial charge < -0.3 is 20.1 Å². The van der Waals surface area contributed by atoms with Crippen LogP contribution in [0.3, 0.4) is 0 Å². The molecule has 2 aromatic rings. The molecule has 0 spiro atoms. The van der Waals surface area contributed by atoms with Gasteiger partial charge in [-0.3, -0.25) is 4.79 Å². The molecule has 0 aliphatic carbocycles. The summed E-state index contributed by atoms with van der Waals surface area (Å²) in [4.78, 5) is 25.8. The molecule has 0 aromatic heterocycles. The number of nitrogens with one attached hydrogen (secondary N) is 1. The Hall–Kier alpha value is -2.44. The highest BCUT2D eigenvalue weighted by molar-refractivity contribution is 6.31. The molecule has 6 nitrogen and oxygen atoms in total. The minimum Gasteiger partial charge on any atom is -0.490 e. The fraction of sp³-hybridized carbons (Fsp3) is 0.263. The fourth-order valence-electron chi connectivity index (χ4n) is 2.92. The molecule has 2 N–H and O–H groups in total. The maximum atomic E-state index is 12.5. The number of anilines is 1. The molecule has 0 saturated heterocycles. The number of amides is 1. The second-order valence-electron chi connectivity index (χ2n) is 6.17. The number of nitrogens with zero attached hydrogens (tertiary/aromatic N) is 1. The van der Waals surface area contributed by atoms with E-state index in [0.29, 0.717) is 34.6 Å². The minimum atomic E-state index is -1.10. The smallest absolute Gasteiger partial charge is 0.326 e. The van der Waals surface area contributed by atoms with Crippen molar-refractivity contribution in [2.75, 3.05) is 24.6 Å². The van der Waals surface area contributed by atoms with E-state index in [-0.39, 0.29) is 13.0 Å². The van der Waals surface area contributed by atoms with Crippen LogP contribution in [0.2, 0.25) is 10.0 Å². The van der Waals surface area contributed by atoms with Gasteiger partial charge in [-0.2, -0.15) is 0 Å². The zero-order valence-corrected chi connectivity index (χ0v) is 15.8. The van der Waals surface area contributed by atoms with Gasteiger partial charge >= 0.3 is 5.97 Å². The van der Waals surface area contributed by atoms with Gasteiger partial charge in [0.2, 0.25) is 5.91 Å². The molecule has 8 heteroatoms. The van der Waals surface area contributed by atoms with E-state index in [9.17, 15) is 14.7 Å². The van der Waals surface area contributed by atoms with E-state index < -0.39 is 17.9 Å². The van der Waals surface area contributed by atoms with Crippen LogP contribution in [0.5, 0.6) is 5.75 Å². The number of carboxylic acid groups (broad SMARTS) is 1. The standard InChI is InChI=1S/C19H18Cl2N2O4/c20-13-3-1-2-12(8-13)9-15(19(25)26)22-18(24)11-23-6-7-27-17-5-4-14(21)10-16(17)23/h1-5,8,10,15H,6-7,9,11H2,(H,22,24)(H,25,26). The van der Waals surface area contributed by atoms with Crippen molar-refractivity contribution in [1.82, 2.24) is 5.32 Å². The molecule has 27 heavy (non-hydrogen) atoms. The summed E-state index contributed by atoms with van der Waals surface area (Å²) in [7, 11) is 0. The number of hydrogen-bond donors (Lipinski definition) is 2. The van der Waals surface area contributed by atoms with Crippen molar-refractivity contribution in [2.45, 2.75) is 12.5 Å². The summed E-state index contributed by atoms with van der Waals surface area (Å²) in [6, 6.07) is 11.1. The first-order valence-corrected chi connectivity index (χ1v) is 9.12. The van der Waals surface area contributed by atoms with Gasteiger partial charge in [-0.1, -0.05) is 35.3 Å². The number of carboxylic acids is 1. The molecular weight excluding hydrogens is 391 g/mol. The van der Waals surface area contributed by atoms with Crippen molar-refractivity contribution in [3.8, 4) is 5.75 Å². The number of fused-ring (bicyclic) bond motifs is 1. The second-order valence-corrected chi connectivity index (χ2v) is 7.05. The van der Waals surface area contributed by atoms with Crippen LogP contribution in [0.1, 0.15) is 5.56 Å². The Morgan fingerprint density at radius 2 is 1.96 bits per heavy atom. The van der Waals surface area contributed by atoms with Gasteiger partial charge in [0.25, 0.3) is 0 Å². The Labute approximate surface area is 166 Å². The molecule has 2 aromatic carbocycles. The summed E-state index contributed by atoms with van der Waals surface area (Å²) in [5, 5.41) is 13.1. The van der Waals surface area contributed by atoms with Crippen molar-refractivity contribution in [3.05, 3.63) is 58.1 Å². The van der Waals surface area contributed by atoms with Gasteiger partial charge in [0, 0.05) is 16.5 Å². The summed E-state index contributed by atoms with van der Waals surface area (Å²) in [5.41, 5.74) is 1.45. The van der Waals surface area contributed by atoms with Gasteiger partial charge in [-0.05, 0) is 35.9 Å². The average Bonchev–Trinajstić information content (AvgIpc) is 2.61. The molecule has 1 aliphatic heterocycles. The first-order valence-electron chi connectivity index (χ1n) is 8.36. The predicted octanol–water partition coefficient (Wildman–Crippen LogP) is 3.00. The normalized spacial score (nSPS) is 14.1. The lowest BCUT2D eigenvalue weighted by Crippen LogP contribution is -2.48. The van der Waals surface area contributed by atoms with Crippen LogP contribution in [-0.2, 0) is 16.0 Å². The van der Waals surface area contributed by atoms with E-state index in [0.717, 1.165) is 5.56 Å². The summed E-state index contributed by atoms with van der Waals surface area (Å²) < 4.78 is 5.56. The van der Waals surface area contributed by atoms with E-state index in [1.165, 1.54) is 0 Å². The van der Waals surface area contributed by atoms with Crippen LogP contribution in [0.15, 0.2) is 42.5 Å². The third kappa shape index (κ3) is 5.05. The Morgan fingerprint density at radius 1 is 1.19 bits per heavy atom. The molecule has 1 amide bonds. The number of halogens is 2. The minimum absolute atomic E-state index is 0.00995. The fourth-order valence-corrected chi connectivity index (χ4v) is 3.30. The largest absolute Gasteiger partial charge is 0.490 e. The number of hydrogen-bond acceptors (Lipinski definition) is 4. The summed E-state index contributed by atoms with van der Waals surface area (Å²) in [5.74, 6) is -0.849. The molecule has 142 valence electrons. The Morgan fingerprint density at radius 3 is 2.70 bits per heavy atom. The Bertz CT molecular complexity index is 859. The first kappa shape index (κ1) is 19.3. The van der Waals surface area contributed by atoms with Crippen molar-refractivity contribution < 1.29 is 19.4 Å². The lowest BCUT2D eigenvalue weighted by molar-refractivity contribution is -0.141. The Kier molecular flexibility index (Phi) is 6.08. The zero-order valence-electron chi connectivity index (χ0n) is 14.3. The lowest BCUT2D eigenvalue weighted by Gasteiger charge is -2.31. The molecule has 1 atom stereocenters. The number of aliphatic carboxylic acids is 1. The predicted molar refractivity (Wildman–Crippen MR) is 104 cm³/mol. The van der Waals surface area contributed by atoms with Crippen LogP contribution < -0.4 is 15.0 Å². The highest BCUT2D eigenvalue weighted by Crippen LogP contribution is 2.33. The maximum absolute atomic E-state index is 12.5. The summed E-state index contributed by atoms with van der Waals surface area (Å²) in [6.45, 7) is 0.954. The quantitative estimate of drug-likeness (QED) is 0.767. The summed E-state index contributed by atoms with van der Waals surface area (Å²) >= 11 is 12.0. The van der Waals surface area contributed by atoms with Crippen molar-refractivity contribution in [1.29, 1.82) is 0 Å².